The molecule has 0 aliphatic carbocycles. The first kappa shape index (κ1) is 27.8. The lowest BCUT2D eigenvalue weighted by molar-refractivity contribution is -0.156. The van der Waals surface area contributed by atoms with E-state index in [0.29, 0.717) is 66.8 Å². The number of fused-ring (bicyclic) bond motifs is 1. The highest BCUT2D eigenvalue weighted by Gasteiger charge is 2.22. The van der Waals surface area contributed by atoms with Crippen LogP contribution in [-0.4, -0.2) is 72.3 Å². The molecule has 5 rings (SSSR count). The van der Waals surface area contributed by atoms with E-state index < -0.39 is 5.82 Å². The Hall–Kier alpha value is -3.80. The van der Waals surface area contributed by atoms with Crippen LogP contribution in [0.2, 0.25) is 5.02 Å². The van der Waals surface area contributed by atoms with E-state index in [-0.39, 0.29) is 35.5 Å². The van der Waals surface area contributed by atoms with Gasteiger partial charge in [0.15, 0.2) is 0 Å². The molecule has 1 amide bonds. The first-order chi connectivity index (χ1) is 19.3. The Bertz CT molecular complexity index is 1430. The summed E-state index contributed by atoms with van der Waals surface area (Å²) in [5.74, 6) is -0.0103. The van der Waals surface area contributed by atoms with Crippen LogP contribution in [0.3, 0.4) is 0 Å². The molecule has 2 saturated heterocycles. The molecule has 40 heavy (non-hydrogen) atoms. The Balaban J connectivity index is 1.37. The number of rotatable bonds is 9. The number of cyclic esters (lactones) is 1. The first-order valence-corrected chi connectivity index (χ1v) is 13.3. The summed E-state index contributed by atoms with van der Waals surface area (Å²) in [5.41, 5.74) is 1.56. The van der Waals surface area contributed by atoms with E-state index in [1.165, 1.54) is 24.5 Å². The third-order valence-corrected chi connectivity index (χ3v) is 6.80. The van der Waals surface area contributed by atoms with Crippen molar-refractivity contribution in [3.05, 3.63) is 59.7 Å². The number of anilines is 3. The van der Waals surface area contributed by atoms with Gasteiger partial charge in [-0.05, 0) is 37.6 Å². The monoisotopic (exact) mass is 569 g/mol. The lowest BCUT2D eigenvalue weighted by atomic mass is 10.1. The number of carbonyl (C=O) groups is 2. The Morgan fingerprint density at radius 2 is 2.17 bits per heavy atom. The maximum absolute atomic E-state index is 13.6. The minimum atomic E-state index is -0.526. The van der Waals surface area contributed by atoms with Crippen LogP contribution in [0.4, 0.5) is 21.6 Å². The number of hydrogen-bond acceptors (Lipinski definition) is 9. The van der Waals surface area contributed by atoms with Gasteiger partial charge in [0.1, 0.15) is 29.8 Å². The number of amides is 1. The summed E-state index contributed by atoms with van der Waals surface area (Å²) in [6.07, 6.45) is 5.23. The van der Waals surface area contributed by atoms with E-state index in [2.05, 4.69) is 20.6 Å². The molecule has 2 aliphatic rings. The number of morpholine rings is 1. The third-order valence-electron chi connectivity index (χ3n) is 6.51. The van der Waals surface area contributed by atoms with Gasteiger partial charge in [0.05, 0.1) is 36.0 Å². The van der Waals surface area contributed by atoms with Crippen molar-refractivity contribution in [3.63, 3.8) is 0 Å². The van der Waals surface area contributed by atoms with Crippen molar-refractivity contribution in [3.8, 4) is 5.75 Å². The van der Waals surface area contributed by atoms with E-state index in [0.717, 1.165) is 6.42 Å². The number of hydrogen-bond donors (Lipinski definition) is 2. The van der Waals surface area contributed by atoms with Crippen LogP contribution in [-0.2, 0) is 19.1 Å². The molecular weight excluding hydrogens is 541 g/mol. The summed E-state index contributed by atoms with van der Waals surface area (Å²) in [5, 5.41) is 6.62. The third kappa shape index (κ3) is 7.04. The number of aromatic nitrogens is 2. The van der Waals surface area contributed by atoms with E-state index >= 15 is 0 Å². The molecule has 2 aliphatic heterocycles. The summed E-state index contributed by atoms with van der Waals surface area (Å²) < 4.78 is 30.4. The highest BCUT2D eigenvalue weighted by atomic mass is 35.5. The first-order valence-electron chi connectivity index (χ1n) is 12.9. The lowest BCUT2D eigenvalue weighted by Crippen LogP contribution is -2.44. The van der Waals surface area contributed by atoms with Gasteiger partial charge >= 0.3 is 5.97 Å². The highest BCUT2D eigenvalue weighted by Crippen LogP contribution is 2.34. The van der Waals surface area contributed by atoms with Gasteiger partial charge in [-0.15, -0.1) is 0 Å². The number of nitrogens with one attached hydrogen (secondary N) is 2. The SMILES string of the molecule is C[C@@H]1CN(CC=CC(=O)Nc2cc3c(Nc4ccc(F)c(Cl)c4)ncnc3cc2OCC2CCOC2)CC(=O)O1. The highest BCUT2D eigenvalue weighted by molar-refractivity contribution is 6.31. The lowest BCUT2D eigenvalue weighted by Gasteiger charge is -2.29. The molecule has 0 saturated carbocycles. The van der Waals surface area contributed by atoms with Gasteiger partial charge in [-0.2, -0.15) is 0 Å². The predicted molar refractivity (Wildman–Crippen MR) is 148 cm³/mol. The van der Waals surface area contributed by atoms with Crippen molar-refractivity contribution in [2.24, 2.45) is 5.92 Å². The molecule has 1 aromatic heterocycles. The van der Waals surface area contributed by atoms with Gasteiger partial charge in [-0.1, -0.05) is 17.7 Å². The van der Waals surface area contributed by atoms with E-state index in [1.807, 2.05) is 11.8 Å². The summed E-state index contributed by atoms with van der Waals surface area (Å²) in [7, 11) is 0. The largest absolute Gasteiger partial charge is 0.491 e. The second-order valence-electron chi connectivity index (χ2n) is 9.77. The summed E-state index contributed by atoms with van der Waals surface area (Å²) in [4.78, 5) is 35.2. The predicted octanol–water partition coefficient (Wildman–Crippen LogP) is 4.32. The normalized spacial score (nSPS) is 19.6. The van der Waals surface area contributed by atoms with Gasteiger partial charge < -0.3 is 24.8 Å². The smallest absolute Gasteiger partial charge is 0.320 e. The van der Waals surface area contributed by atoms with Crippen LogP contribution in [0.25, 0.3) is 10.9 Å². The van der Waals surface area contributed by atoms with Gasteiger partial charge in [0.2, 0.25) is 5.91 Å². The number of ether oxygens (including phenoxy) is 3. The Kier molecular flexibility index (Phi) is 8.73. The van der Waals surface area contributed by atoms with Crippen molar-refractivity contribution in [2.75, 3.05) is 50.1 Å². The second-order valence-corrected chi connectivity index (χ2v) is 10.2. The van der Waals surface area contributed by atoms with E-state index in [4.69, 9.17) is 25.8 Å². The van der Waals surface area contributed by atoms with Crippen LogP contribution in [0.1, 0.15) is 13.3 Å². The summed E-state index contributed by atoms with van der Waals surface area (Å²) in [6.45, 7) is 4.78. The Labute approximate surface area is 235 Å². The summed E-state index contributed by atoms with van der Waals surface area (Å²) >= 11 is 5.94. The fraction of sp³-hybridized carbons (Fsp3) is 0.357. The average molecular weight is 570 g/mol. The van der Waals surface area contributed by atoms with Crippen molar-refractivity contribution >= 4 is 51.6 Å². The zero-order chi connectivity index (χ0) is 28.1. The molecule has 2 N–H and O–H groups in total. The molecule has 12 heteroatoms. The minimum absolute atomic E-state index is 0.0226. The fourth-order valence-electron chi connectivity index (χ4n) is 4.57. The minimum Gasteiger partial charge on any atom is -0.491 e. The van der Waals surface area contributed by atoms with Crippen LogP contribution >= 0.6 is 11.6 Å². The van der Waals surface area contributed by atoms with Gasteiger partial charge in [-0.3, -0.25) is 14.5 Å². The van der Waals surface area contributed by atoms with E-state index in [1.54, 1.807) is 24.3 Å². The van der Waals surface area contributed by atoms with Gasteiger partial charge in [-0.25, -0.2) is 14.4 Å². The molecule has 2 aromatic carbocycles. The number of carbonyl (C=O) groups excluding carboxylic acids is 2. The molecule has 0 radical (unpaired) electrons. The molecule has 3 heterocycles. The van der Waals surface area contributed by atoms with Gasteiger partial charge in [0.25, 0.3) is 0 Å². The Morgan fingerprint density at radius 1 is 1.30 bits per heavy atom. The second kappa shape index (κ2) is 12.6. The average Bonchev–Trinajstić information content (AvgIpc) is 3.43. The zero-order valence-electron chi connectivity index (χ0n) is 21.9. The van der Waals surface area contributed by atoms with Crippen molar-refractivity contribution in [2.45, 2.75) is 19.4 Å². The van der Waals surface area contributed by atoms with Gasteiger partial charge in [0, 0.05) is 48.8 Å². The standard InChI is InChI=1S/C28H29ClFN5O5/c1-17-12-35(13-27(37)40-17)7-2-3-26(36)34-24-10-20-23(11-25(24)39-15-18-6-8-38-14-18)31-16-32-28(20)33-19-4-5-22(30)21(29)9-19/h2-5,9-11,16-18H,6-8,12-15H2,1H3,(H,34,36)(H,31,32,33)/t17-,18?/m1/s1. The molecule has 0 spiro atoms. The van der Waals surface area contributed by atoms with Crippen molar-refractivity contribution in [1.82, 2.24) is 14.9 Å². The number of nitrogens with zero attached hydrogens (tertiary/aromatic N) is 3. The summed E-state index contributed by atoms with van der Waals surface area (Å²) in [6, 6.07) is 7.75. The number of esters is 1. The molecule has 0 bridgehead atoms. The number of benzene rings is 2. The zero-order valence-corrected chi connectivity index (χ0v) is 22.6. The number of halogens is 2. The molecule has 2 atom stereocenters. The molecule has 2 fully saturated rings. The van der Waals surface area contributed by atoms with Crippen LogP contribution < -0.4 is 15.4 Å². The maximum Gasteiger partial charge on any atom is 0.320 e. The topological polar surface area (TPSA) is 115 Å². The van der Waals surface area contributed by atoms with Crippen LogP contribution in [0, 0.1) is 11.7 Å². The molecular formula is C28H29ClFN5O5. The molecule has 10 nitrogen and oxygen atoms in total. The molecule has 210 valence electrons. The molecule has 3 aromatic rings. The van der Waals surface area contributed by atoms with Crippen LogP contribution in [0.5, 0.6) is 5.75 Å². The van der Waals surface area contributed by atoms with Crippen molar-refractivity contribution < 1.29 is 28.2 Å². The van der Waals surface area contributed by atoms with Crippen molar-refractivity contribution in [1.29, 1.82) is 0 Å². The molecule has 1 unspecified atom stereocenters. The fourth-order valence-corrected chi connectivity index (χ4v) is 4.75. The van der Waals surface area contributed by atoms with E-state index in [9.17, 15) is 14.0 Å². The quantitative estimate of drug-likeness (QED) is 0.287. The Morgan fingerprint density at radius 3 is 2.95 bits per heavy atom. The van der Waals surface area contributed by atoms with Crippen LogP contribution in [0.15, 0.2) is 48.8 Å². The maximum atomic E-state index is 13.6.